The molecule has 2 aromatic rings. The van der Waals surface area contributed by atoms with E-state index >= 15 is 0 Å². The second-order valence-corrected chi connectivity index (χ2v) is 6.00. The average molecular weight is 321 g/mol. The van der Waals surface area contributed by atoms with Crippen molar-refractivity contribution < 1.29 is 4.79 Å². The number of hydrogen-bond donors (Lipinski definition) is 0. The van der Waals surface area contributed by atoms with E-state index < -0.39 is 0 Å². The number of fused-ring (bicyclic) bond motifs is 1. The number of amides is 1. The van der Waals surface area contributed by atoms with Crippen molar-refractivity contribution in [1.82, 2.24) is 19.4 Å². The van der Waals surface area contributed by atoms with Gasteiger partial charge in [-0.25, -0.2) is 9.97 Å². The Hall–Kier alpha value is -1.95. The molecule has 1 saturated heterocycles. The van der Waals surface area contributed by atoms with Gasteiger partial charge < -0.3 is 4.90 Å². The van der Waals surface area contributed by atoms with Crippen LogP contribution in [0.5, 0.6) is 0 Å². The van der Waals surface area contributed by atoms with Crippen LogP contribution in [0.1, 0.15) is 31.2 Å². The van der Waals surface area contributed by atoms with Crippen LogP contribution in [-0.2, 0) is 11.8 Å². The second kappa shape index (κ2) is 5.68. The zero-order chi connectivity index (χ0) is 15.9. The predicted octanol–water partition coefficient (Wildman–Crippen LogP) is 1.71. The van der Waals surface area contributed by atoms with Gasteiger partial charge in [0, 0.05) is 32.6 Å². The molecule has 2 aromatic heterocycles. The van der Waals surface area contributed by atoms with E-state index in [1.807, 2.05) is 11.0 Å². The van der Waals surface area contributed by atoms with Crippen LogP contribution >= 0.6 is 11.6 Å². The number of carbonyl (C=O) groups is 1. The van der Waals surface area contributed by atoms with Crippen LogP contribution in [-0.4, -0.2) is 38.4 Å². The lowest BCUT2D eigenvalue weighted by atomic mass is 9.89. The van der Waals surface area contributed by atoms with Crippen LogP contribution in [0.2, 0.25) is 5.15 Å². The van der Waals surface area contributed by atoms with E-state index in [9.17, 15) is 9.59 Å². The summed E-state index contributed by atoms with van der Waals surface area (Å²) in [5.74, 6) is 0.219. The van der Waals surface area contributed by atoms with E-state index in [0.29, 0.717) is 29.3 Å². The Kier molecular flexibility index (Phi) is 3.87. The Morgan fingerprint density at radius 3 is 2.64 bits per heavy atom. The summed E-state index contributed by atoms with van der Waals surface area (Å²) in [5, 5.41) is 1.04. The molecule has 0 aromatic carbocycles. The number of aromatic nitrogens is 3. The van der Waals surface area contributed by atoms with E-state index in [4.69, 9.17) is 11.6 Å². The summed E-state index contributed by atoms with van der Waals surface area (Å²) in [6.45, 7) is 2.94. The molecule has 1 fully saturated rings. The number of piperidine rings is 1. The maximum absolute atomic E-state index is 12.6. The Bertz CT molecular complexity index is 794. The number of likely N-dealkylation sites (tertiary alicyclic amines) is 1. The Morgan fingerprint density at radius 1 is 1.32 bits per heavy atom. The molecule has 6 nitrogen and oxygen atoms in total. The van der Waals surface area contributed by atoms with Gasteiger partial charge in [0.2, 0.25) is 5.91 Å². The van der Waals surface area contributed by atoms with Crippen LogP contribution in [0.25, 0.3) is 11.0 Å². The minimum atomic E-state index is -0.0523. The van der Waals surface area contributed by atoms with Crippen molar-refractivity contribution >= 4 is 28.5 Å². The summed E-state index contributed by atoms with van der Waals surface area (Å²) in [4.78, 5) is 33.9. The molecule has 116 valence electrons. The third-order valence-electron chi connectivity index (χ3n) is 4.36. The van der Waals surface area contributed by atoms with Gasteiger partial charge in [0.25, 0.3) is 5.56 Å². The van der Waals surface area contributed by atoms with Crippen molar-refractivity contribution in [2.45, 2.75) is 25.7 Å². The molecule has 0 radical (unpaired) electrons. The van der Waals surface area contributed by atoms with Crippen LogP contribution in [0, 0.1) is 0 Å². The first kappa shape index (κ1) is 15.0. The van der Waals surface area contributed by atoms with E-state index in [-0.39, 0.29) is 17.4 Å². The minimum Gasteiger partial charge on any atom is -0.343 e. The van der Waals surface area contributed by atoms with Crippen molar-refractivity contribution in [2.24, 2.45) is 7.05 Å². The normalized spacial score (nSPS) is 16.2. The smallest absolute Gasteiger partial charge is 0.255 e. The molecule has 0 aliphatic carbocycles. The monoisotopic (exact) mass is 320 g/mol. The molecule has 0 N–H and O–H groups in total. The van der Waals surface area contributed by atoms with Gasteiger partial charge in [0.1, 0.15) is 17.1 Å². The highest BCUT2D eigenvalue weighted by molar-refractivity contribution is 6.33. The van der Waals surface area contributed by atoms with Crippen molar-refractivity contribution in [2.75, 3.05) is 13.1 Å². The van der Waals surface area contributed by atoms with Crippen molar-refractivity contribution in [3.8, 4) is 0 Å². The van der Waals surface area contributed by atoms with Crippen LogP contribution in [0.4, 0.5) is 0 Å². The minimum absolute atomic E-state index is 0.0523. The average Bonchev–Trinajstić information content (AvgIpc) is 2.51. The lowest BCUT2D eigenvalue weighted by Crippen LogP contribution is -2.38. The standard InChI is InChI=1S/C15H17ClN4O2/c1-9(21)20-5-3-10(4-6-20)11-7-12-13(16)17-8-18-14(12)19(2)15(11)22/h7-8,10H,3-6H2,1-2H3. The van der Waals surface area contributed by atoms with Crippen LogP contribution in [0.3, 0.4) is 0 Å². The fourth-order valence-corrected chi connectivity index (χ4v) is 3.24. The number of hydrogen-bond acceptors (Lipinski definition) is 4. The van der Waals surface area contributed by atoms with E-state index in [0.717, 1.165) is 18.4 Å². The zero-order valence-electron chi connectivity index (χ0n) is 12.5. The number of carbonyl (C=O) groups excluding carboxylic acids is 1. The summed E-state index contributed by atoms with van der Waals surface area (Å²) in [6.07, 6.45) is 2.92. The van der Waals surface area contributed by atoms with E-state index in [2.05, 4.69) is 9.97 Å². The third-order valence-corrected chi connectivity index (χ3v) is 4.66. The van der Waals surface area contributed by atoms with Gasteiger partial charge in [0.15, 0.2) is 0 Å². The maximum atomic E-state index is 12.6. The van der Waals surface area contributed by atoms with Gasteiger partial charge in [-0.15, -0.1) is 0 Å². The van der Waals surface area contributed by atoms with Gasteiger partial charge in [-0.3, -0.25) is 14.2 Å². The van der Waals surface area contributed by atoms with Gasteiger partial charge in [0.05, 0.1) is 5.39 Å². The highest BCUT2D eigenvalue weighted by Gasteiger charge is 2.25. The van der Waals surface area contributed by atoms with Crippen LogP contribution < -0.4 is 5.56 Å². The lowest BCUT2D eigenvalue weighted by Gasteiger charge is -2.31. The summed E-state index contributed by atoms with van der Waals surface area (Å²) in [7, 11) is 1.70. The second-order valence-electron chi connectivity index (χ2n) is 5.65. The molecule has 0 saturated carbocycles. The topological polar surface area (TPSA) is 68.1 Å². The van der Waals surface area contributed by atoms with Crippen LogP contribution in [0.15, 0.2) is 17.2 Å². The quantitative estimate of drug-likeness (QED) is 0.750. The summed E-state index contributed by atoms with van der Waals surface area (Å²) in [5.41, 5.74) is 1.22. The predicted molar refractivity (Wildman–Crippen MR) is 84.0 cm³/mol. The molecule has 0 bridgehead atoms. The van der Waals surface area contributed by atoms with Gasteiger partial charge in [-0.1, -0.05) is 11.6 Å². The third kappa shape index (κ3) is 2.47. The summed E-state index contributed by atoms with van der Waals surface area (Å²) < 4.78 is 1.52. The fraction of sp³-hybridized carbons (Fsp3) is 0.467. The highest BCUT2D eigenvalue weighted by Crippen LogP contribution is 2.28. The molecule has 0 atom stereocenters. The molecule has 1 aliphatic rings. The molecular weight excluding hydrogens is 304 g/mol. The molecule has 0 unspecified atom stereocenters. The van der Waals surface area contributed by atoms with Gasteiger partial charge in [-0.2, -0.15) is 0 Å². The fourth-order valence-electron chi connectivity index (χ4n) is 3.06. The first-order valence-corrected chi connectivity index (χ1v) is 7.62. The molecular formula is C15H17ClN4O2. The Labute approximate surface area is 132 Å². The first-order chi connectivity index (χ1) is 10.5. The lowest BCUT2D eigenvalue weighted by molar-refractivity contribution is -0.129. The number of rotatable bonds is 1. The number of aryl methyl sites for hydroxylation is 1. The van der Waals surface area contributed by atoms with Gasteiger partial charge >= 0.3 is 0 Å². The molecule has 3 rings (SSSR count). The molecule has 22 heavy (non-hydrogen) atoms. The van der Waals surface area contributed by atoms with Crippen molar-refractivity contribution in [1.29, 1.82) is 0 Å². The largest absolute Gasteiger partial charge is 0.343 e. The molecule has 0 spiro atoms. The SMILES string of the molecule is CC(=O)N1CCC(c2cc3c(Cl)ncnc3n(C)c2=O)CC1. The Balaban J connectivity index is 2.02. The zero-order valence-corrected chi connectivity index (χ0v) is 13.3. The Morgan fingerprint density at radius 2 is 2.00 bits per heavy atom. The molecule has 7 heteroatoms. The maximum Gasteiger partial charge on any atom is 0.255 e. The van der Waals surface area contributed by atoms with Crippen molar-refractivity contribution in [3.63, 3.8) is 0 Å². The van der Waals surface area contributed by atoms with E-state index in [1.54, 1.807) is 14.0 Å². The van der Waals surface area contributed by atoms with Crippen molar-refractivity contribution in [3.05, 3.63) is 33.5 Å². The highest BCUT2D eigenvalue weighted by atomic mass is 35.5. The molecule has 1 aliphatic heterocycles. The number of halogens is 1. The summed E-state index contributed by atoms with van der Waals surface area (Å²) in [6, 6.07) is 1.81. The number of nitrogens with zero attached hydrogens (tertiary/aromatic N) is 4. The molecule has 3 heterocycles. The first-order valence-electron chi connectivity index (χ1n) is 7.24. The molecule has 1 amide bonds. The summed E-state index contributed by atoms with van der Waals surface area (Å²) >= 11 is 6.14. The van der Waals surface area contributed by atoms with E-state index in [1.165, 1.54) is 10.9 Å². The number of pyridine rings is 1. The van der Waals surface area contributed by atoms with Gasteiger partial charge in [-0.05, 0) is 24.8 Å².